The molecule has 26 heteroatoms. The Morgan fingerprint density at radius 2 is 1.24 bits per heavy atom. The Morgan fingerprint density at radius 3 is 1.78 bits per heavy atom. The van der Waals surface area contributed by atoms with Gasteiger partial charge in [-0.2, -0.15) is 0 Å². The summed E-state index contributed by atoms with van der Waals surface area (Å²) >= 11 is 23.3. The number of ether oxygens (including phenoxy) is 1. The second-order valence-corrected chi connectivity index (χ2v) is 27.2. The van der Waals surface area contributed by atoms with Crippen LogP contribution in [-0.2, 0) is 30.2 Å². The highest BCUT2D eigenvalue weighted by atomic mass is 35.5. The quantitative estimate of drug-likeness (QED) is 0.0436. The van der Waals surface area contributed by atoms with Gasteiger partial charge in [0.05, 0.1) is 73.0 Å². The number of rotatable bonds is 14. The number of nitrogens with two attached hydrogens (primary N) is 2. The van der Waals surface area contributed by atoms with Gasteiger partial charge in [-0.25, -0.2) is 40.6 Å². The van der Waals surface area contributed by atoms with Crippen LogP contribution in [0.25, 0.3) is 11.0 Å². The van der Waals surface area contributed by atoms with Crippen molar-refractivity contribution in [3.63, 3.8) is 0 Å². The number of imidazole rings is 1. The van der Waals surface area contributed by atoms with Crippen molar-refractivity contribution >= 4 is 124 Å². The number of nitrogens with one attached hydrogen (secondary N) is 2. The largest absolute Gasteiger partial charge is 0.478 e. The van der Waals surface area contributed by atoms with Crippen LogP contribution in [0.2, 0.25) is 20.1 Å². The van der Waals surface area contributed by atoms with Gasteiger partial charge in [0.1, 0.15) is 11.6 Å². The van der Waals surface area contributed by atoms with Crippen LogP contribution in [0.15, 0.2) is 121 Å². The maximum atomic E-state index is 14.6. The van der Waals surface area contributed by atoms with Crippen molar-refractivity contribution in [1.29, 1.82) is 0 Å². The molecule has 2 saturated carbocycles. The van der Waals surface area contributed by atoms with Crippen molar-refractivity contribution in [2.75, 3.05) is 60.2 Å². The average Bonchev–Trinajstić information content (AvgIpc) is 1.59. The molecule has 462 valence electrons. The van der Waals surface area contributed by atoms with E-state index in [1.54, 1.807) is 47.4 Å². The molecule has 7 aromatic rings. The normalized spacial score (nSPS) is 19.1. The molecule has 8 N–H and O–H groups in total. The van der Waals surface area contributed by atoms with Crippen LogP contribution < -0.4 is 20.9 Å². The molecule has 1 spiro atoms. The van der Waals surface area contributed by atoms with Gasteiger partial charge in [0.25, 0.3) is 5.91 Å². The molecule has 3 heterocycles. The van der Waals surface area contributed by atoms with Crippen LogP contribution in [0.1, 0.15) is 110 Å². The fourth-order valence-electron chi connectivity index (χ4n) is 12.5. The van der Waals surface area contributed by atoms with Gasteiger partial charge in [-0.05, 0) is 173 Å². The fraction of sp³-hybridized carbons (Fsp3) is 0.328. The minimum atomic E-state index is -3.51. The number of methoxy groups -OCH3 is 1. The molecule has 4 atom stereocenters. The summed E-state index contributed by atoms with van der Waals surface area (Å²) in [4.78, 5) is 55.2. The van der Waals surface area contributed by atoms with Crippen molar-refractivity contribution in [3.8, 4) is 0 Å². The number of nitrogens with zero attached hydrogens (tertiary/aromatic N) is 4. The minimum absolute atomic E-state index is 0.0340. The highest BCUT2D eigenvalue weighted by Crippen LogP contribution is 2.67. The SMILES string of the molecule is COC(=O)c1cc(N)ccc1Cl.CS(=O)(=O)Nc1ccc(Cl)c(C(=O)O)c1.Cc1nc2ccccc2n1C1CC2N(CCCC3(c4cccc(F)c4)CCN(C(=O)c4cc(NS(C)(=O)=O)ccc4Cl)CC3)C3CCC32C1.Nc1ccc(Cl)c(C(=O)O)c1. The van der Waals surface area contributed by atoms with E-state index in [9.17, 15) is 40.4 Å². The smallest absolute Gasteiger partial charge is 0.339 e. The second-order valence-electron chi connectivity index (χ2n) is 22.1. The Bertz CT molecular complexity index is 4000. The number of amides is 1. The molecule has 19 nitrogen and oxygen atoms in total. The molecule has 87 heavy (non-hydrogen) atoms. The summed E-state index contributed by atoms with van der Waals surface area (Å²) in [5, 5.41) is 18.2. The van der Waals surface area contributed by atoms with Crippen LogP contribution in [0.5, 0.6) is 0 Å². The Labute approximate surface area is 523 Å². The topological polar surface area (TPSA) is 287 Å². The number of fused-ring (bicyclic) bond motifs is 1. The van der Waals surface area contributed by atoms with Crippen LogP contribution in [0.3, 0.4) is 0 Å². The van der Waals surface area contributed by atoms with Gasteiger partial charge in [-0.15, -0.1) is 0 Å². The number of sulfonamides is 2. The number of esters is 1. The number of para-hydroxylation sites is 2. The van der Waals surface area contributed by atoms with Gasteiger partial charge in [0.15, 0.2) is 0 Å². The third kappa shape index (κ3) is 15.4. The first-order valence-corrected chi connectivity index (χ1v) is 32.8. The number of nitrogen functional groups attached to an aromatic ring is 2. The molecule has 4 unspecified atom stereocenters. The van der Waals surface area contributed by atoms with Gasteiger partial charge >= 0.3 is 17.9 Å². The van der Waals surface area contributed by atoms with E-state index in [2.05, 4.69) is 54.8 Å². The van der Waals surface area contributed by atoms with Crippen molar-refractivity contribution in [2.24, 2.45) is 5.41 Å². The molecule has 1 aromatic heterocycles. The number of aromatic nitrogens is 2. The van der Waals surface area contributed by atoms with E-state index >= 15 is 0 Å². The molecule has 2 aliphatic heterocycles. The number of likely N-dealkylation sites (tertiary alicyclic amines) is 2. The van der Waals surface area contributed by atoms with E-state index in [1.165, 1.54) is 74.4 Å². The van der Waals surface area contributed by atoms with Crippen LogP contribution in [0, 0.1) is 18.2 Å². The number of benzene rings is 6. The van der Waals surface area contributed by atoms with Crippen LogP contribution >= 0.6 is 46.4 Å². The molecule has 11 rings (SSSR count). The number of hydrogen-bond acceptors (Lipinski definition) is 13. The van der Waals surface area contributed by atoms with Crippen molar-refractivity contribution in [1.82, 2.24) is 19.4 Å². The van der Waals surface area contributed by atoms with Crippen molar-refractivity contribution in [3.05, 3.63) is 181 Å². The van der Waals surface area contributed by atoms with E-state index < -0.39 is 38.0 Å². The zero-order chi connectivity index (χ0) is 63.3. The molecular weight excluding hydrogens is 1250 g/mol. The number of carboxylic acids is 2. The fourth-order valence-corrected chi connectivity index (χ4v) is 14.4. The lowest BCUT2D eigenvalue weighted by Crippen LogP contribution is -2.74. The number of carbonyl (C=O) groups excluding carboxylic acids is 2. The summed E-state index contributed by atoms with van der Waals surface area (Å²) in [5.74, 6) is -2.12. The molecule has 2 saturated heterocycles. The highest BCUT2D eigenvalue weighted by Gasteiger charge is 2.69. The number of carboxylic acid groups (broad SMARTS) is 2. The lowest BCUT2D eigenvalue weighted by atomic mass is 9.53. The third-order valence-electron chi connectivity index (χ3n) is 16.4. The molecule has 2 aliphatic carbocycles. The zero-order valence-corrected chi connectivity index (χ0v) is 52.4. The van der Waals surface area contributed by atoms with Gasteiger partial charge < -0.3 is 35.9 Å². The standard InChI is InChI=1S/C38H43ClFN5O3S.C8H8ClNO4S.C8H8ClNO2.C7H6ClNO2/c1-25-41-32-9-3-4-10-33(32)45(25)29-23-35-38(24-29)15-13-34(38)44(35)18-6-14-37(26-7-5-8-27(40)21-26)16-19-43(20-17-37)36(46)30-22-28(11-12-31(30)39)42-49(2,47)48;1-15(13,14)10-5-2-3-7(9)6(4-5)8(11)12;1-12-8(11)6-4-5(10)2-3-7(6)9;8-6-2-1-4(9)3-5(6)7(10)11/h3-5,7-12,21-22,29,34-35,42H,6,13-20,23-24H2,1-2H3;2-4,10H,1H3,(H,11,12);2-4H,10H2,1H3;1-3H,9H2,(H,10,11). The predicted molar refractivity (Wildman–Crippen MR) is 338 cm³/mol. The number of aryl methyl sites for hydroxylation is 1. The lowest BCUT2D eigenvalue weighted by Gasteiger charge is -2.68. The summed E-state index contributed by atoms with van der Waals surface area (Å²) < 4.78 is 71.5. The van der Waals surface area contributed by atoms with Gasteiger partial charge in [0, 0.05) is 59.4 Å². The Hall–Kier alpha value is -7.18. The predicted octanol–water partition coefficient (Wildman–Crippen LogP) is 12.1. The van der Waals surface area contributed by atoms with Crippen molar-refractivity contribution in [2.45, 2.75) is 81.8 Å². The molecule has 4 fully saturated rings. The average molecular weight is 1310 g/mol. The number of halogens is 5. The molecule has 6 aromatic carbocycles. The minimum Gasteiger partial charge on any atom is -0.478 e. The second kappa shape index (κ2) is 27.1. The Balaban J connectivity index is 0.000000208. The van der Waals surface area contributed by atoms with E-state index in [0.29, 0.717) is 77.1 Å². The number of aromatic carboxylic acids is 2. The molecule has 0 radical (unpaired) electrons. The van der Waals surface area contributed by atoms with E-state index in [4.69, 9.17) is 73.1 Å². The van der Waals surface area contributed by atoms with E-state index in [1.807, 2.05) is 6.07 Å². The van der Waals surface area contributed by atoms with E-state index in [0.717, 1.165) is 61.3 Å². The first kappa shape index (κ1) is 65.8. The molecular formula is C61H65Cl4FN8O11S2. The molecule has 1 amide bonds. The van der Waals surface area contributed by atoms with Gasteiger partial charge in [-0.3, -0.25) is 19.1 Å². The van der Waals surface area contributed by atoms with Crippen LogP contribution in [-0.4, -0.2) is 122 Å². The number of anilines is 4. The van der Waals surface area contributed by atoms with Crippen LogP contribution in [0.4, 0.5) is 27.1 Å². The Morgan fingerprint density at radius 1 is 0.701 bits per heavy atom. The first-order chi connectivity index (χ1) is 41.0. The first-order valence-electron chi connectivity index (χ1n) is 27.5. The summed E-state index contributed by atoms with van der Waals surface area (Å²) in [6.45, 7) is 4.18. The molecule has 4 aliphatic rings. The number of hydrogen-bond donors (Lipinski definition) is 6. The lowest BCUT2D eigenvalue weighted by molar-refractivity contribution is -0.188. The van der Waals surface area contributed by atoms with E-state index in [-0.39, 0.29) is 54.6 Å². The maximum Gasteiger partial charge on any atom is 0.339 e. The number of carbonyl (C=O) groups is 4. The van der Waals surface area contributed by atoms with Gasteiger partial charge in [-0.1, -0.05) is 70.7 Å². The summed E-state index contributed by atoms with van der Waals surface area (Å²) in [6, 6.07) is 34.7. The zero-order valence-electron chi connectivity index (χ0n) is 47.8. The van der Waals surface area contributed by atoms with Crippen molar-refractivity contribution < 1.29 is 55.4 Å². The summed E-state index contributed by atoms with van der Waals surface area (Å²) in [5.41, 5.74) is 16.1. The highest BCUT2D eigenvalue weighted by molar-refractivity contribution is 7.92. The third-order valence-corrected chi connectivity index (χ3v) is 18.9. The maximum absolute atomic E-state index is 14.6. The summed E-state index contributed by atoms with van der Waals surface area (Å²) in [7, 11) is -5.63. The summed E-state index contributed by atoms with van der Waals surface area (Å²) in [6.07, 6.45) is 10.4. The van der Waals surface area contributed by atoms with Gasteiger partial charge in [0.2, 0.25) is 20.0 Å². The Kier molecular flexibility index (Phi) is 20.5. The monoisotopic (exact) mass is 1310 g/mol. The molecule has 0 bridgehead atoms. The number of piperidine rings is 2.